The standard InChI is InChI=1S/C20H24N2O9/c23-12-7-13(30-10-17(24)21-5-1-3-15(21)19(26)27)9-14(8-12)31-11-18(25)22-6-2-4-16(22)20(28)29/h7-9,15-16,23H,1-6,10-11H2,(H,26,27)(H,28,29). The number of rotatable bonds is 8. The maximum absolute atomic E-state index is 12.3. The molecule has 2 unspecified atom stereocenters. The lowest BCUT2D eigenvalue weighted by Gasteiger charge is -2.22. The van der Waals surface area contributed by atoms with Gasteiger partial charge >= 0.3 is 11.9 Å². The van der Waals surface area contributed by atoms with Gasteiger partial charge in [0.2, 0.25) is 0 Å². The Bertz CT molecular complexity index is 806. The summed E-state index contributed by atoms with van der Waals surface area (Å²) < 4.78 is 10.8. The van der Waals surface area contributed by atoms with Gasteiger partial charge in [0.05, 0.1) is 0 Å². The number of carbonyl (C=O) groups excluding carboxylic acids is 2. The summed E-state index contributed by atoms with van der Waals surface area (Å²) in [5, 5.41) is 28.2. The van der Waals surface area contributed by atoms with E-state index in [0.717, 1.165) is 0 Å². The SMILES string of the molecule is O=C(O)C1CCCN1C(=O)COc1cc(O)cc(OCC(=O)N2CCCC2C(=O)O)c1. The molecule has 2 saturated heterocycles. The van der Waals surface area contributed by atoms with Crippen LogP contribution in [-0.2, 0) is 19.2 Å². The molecular formula is C20H24N2O9. The minimum absolute atomic E-state index is 0.103. The number of likely N-dealkylation sites (tertiary alicyclic amines) is 2. The third kappa shape index (κ3) is 5.36. The molecule has 0 spiro atoms. The maximum Gasteiger partial charge on any atom is 0.326 e. The van der Waals surface area contributed by atoms with E-state index in [-0.39, 0.29) is 17.2 Å². The highest BCUT2D eigenvalue weighted by molar-refractivity contribution is 5.85. The molecule has 2 fully saturated rings. The molecule has 2 heterocycles. The smallest absolute Gasteiger partial charge is 0.326 e. The summed E-state index contributed by atoms with van der Waals surface area (Å²) in [4.78, 5) is 49.5. The van der Waals surface area contributed by atoms with Gasteiger partial charge < -0.3 is 34.6 Å². The summed E-state index contributed by atoms with van der Waals surface area (Å²) in [6, 6.07) is 2.14. The molecule has 0 aliphatic carbocycles. The Morgan fingerprint density at radius 1 is 0.806 bits per heavy atom. The Morgan fingerprint density at radius 3 is 1.61 bits per heavy atom. The highest BCUT2D eigenvalue weighted by atomic mass is 16.5. The van der Waals surface area contributed by atoms with Crippen LogP contribution in [-0.4, -0.2) is 87.3 Å². The van der Waals surface area contributed by atoms with E-state index < -0.39 is 49.1 Å². The first-order valence-corrected chi connectivity index (χ1v) is 9.90. The zero-order chi connectivity index (χ0) is 22.5. The molecule has 0 bridgehead atoms. The molecule has 1 aromatic rings. The zero-order valence-corrected chi connectivity index (χ0v) is 16.7. The lowest BCUT2D eigenvalue weighted by atomic mass is 10.2. The van der Waals surface area contributed by atoms with E-state index in [1.807, 2.05) is 0 Å². The van der Waals surface area contributed by atoms with Crippen LogP contribution in [0.2, 0.25) is 0 Å². The van der Waals surface area contributed by atoms with Gasteiger partial charge in [0.1, 0.15) is 29.3 Å². The van der Waals surface area contributed by atoms with Gasteiger partial charge in [0, 0.05) is 31.3 Å². The number of benzene rings is 1. The number of carboxylic acids is 2. The minimum Gasteiger partial charge on any atom is -0.508 e. The molecule has 1 aromatic carbocycles. The average Bonchev–Trinajstić information content (AvgIpc) is 3.39. The van der Waals surface area contributed by atoms with Crippen molar-refractivity contribution in [3.05, 3.63) is 18.2 Å². The van der Waals surface area contributed by atoms with Crippen LogP contribution in [0.3, 0.4) is 0 Å². The molecule has 3 rings (SSSR count). The van der Waals surface area contributed by atoms with E-state index in [4.69, 9.17) is 9.47 Å². The molecule has 11 nitrogen and oxygen atoms in total. The van der Waals surface area contributed by atoms with Crippen LogP contribution < -0.4 is 9.47 Å². The minimum atomic E-state index is -1.06. The van der Waals surface area contributed by atoms with Crippen molar-refractivity contribution in [3.8, 4) is 17.2 Å². The summed E-state index contributed by atoms with van der Waals surface area (Å²) in [7, 11) is 0. The molecule has 31 heavy (non-hydrogen) atoms. The summed E-state index contributed by atoms with van der Waals surface area (Å²) in [6.45, 7) is -0.160. The van der Waals surface area contributed by atoms with Crippen LogP contribution in [0.15, 0.2) is 18.2 Å². The van der Waals surface area contributed by atoms with E-state index in [1.54, 1.807) is 0 Å². The Labute approximate surface area is 177 Å². The van der Waals surface area contributed by atoms with Gasteiger partial charge in [0.25, 0.3) is 11.8 Å². The van der Waals surface area contributed by atoms with E-state index in [0.29, 0.717) is 38.8 Å². The number of hydrogen-bond acceptors (Lipinski definition) is 7. The fourth-order valence-corrected chi connectivity index (χ4v) is 3.82. The number of nitrogens with zero attached hydrogens (tertiary/aromatic N) is 2. The summed E-state index contributed by atoms with van der Waals surface area (Å²) in [5.74, 6) is -3.11. The molecule has 3 N–H and O–H groups in total. The van der Waals surface area contributed by atoms with Crippen molar-refractivity contribution < 1.29 is 44.0 Å². The van der Waals surface area contributed by atoms with Crippen molar-refractivity contribution in [3.63, 3.8) is 0 Å². The molecule has 168 valence electrons. The molecule has 0 saturated carbocycles. The molecule has 2 aliphatic rings. The number of amides is 2. The topological polar surface area (TPSA) is 154 Å². The average molecular weight is 436 g/mol. The third-order valence-electron chi connectivity index (χ3n) is 5.31. The maximum atomic E-state index is 12.3. The molecule has 2 atom stereocenters. The van der Waals surface area contributed by atoms with Crippen molar-refractivity contribution in [2.75, 3.05) is 26.3 Å². The molecule has 0 aromatic heterocycles. The second-order valence-corrected chi connectivity index (χ2v) is 7.41. The number of aromatic hydroxyl groups is 1. The van der Waals surface area contributed by atoms with Gasteiger partial charge in [0.15, 0.2) is 13.2 Å². The first kappa shape index (κ1) is 22.2. The number of carboxylic acid groups (broad SMARTS) is 2. The molecule has 2 amide bonds. The van der Waals surface area contributed by atoms with E-state index in [1.165, 1.54) is 28.0 Å². The van der Waals surface area contributed by atoms with Gasteiger partial charge in [-0.05, 0) is 25.7 Å². The fourth-order valence-electron chi connectivity index (χ4n) is 3.82. The van der Waals surface area contributed by atoms with Gasteiger partial charge in [-0.1, -0.05) is 0 Å². The first-order valence-electron chi connectivity index (χ1n) is 9.90. The van der Waals surface area contributed by atoms with Crippen LogP contribution in [0.1, 0.15) is 25.7 Å². The van der Waals surface area contributed by atoms with Crippen molar-refractivity contribution in [1.29, 1.82) is 0 Å². The van der Waals surface area contributed by atoms with Gasteiger partial charge in [-0.15, -0.1) is 0 Å². The second-order valence-electron chi connectivity index (χ2n) is 7.41. The highest BCUT2D eigenvalue weighted by Gasteiger charge is 2.35. The number of aliphatic carboxylic acids is 2. The lowest BCUT2D eigenvalue weighted by molar-refractivity contribution is -0.149. The summed E-state index contributed by atoms with van der Waals surface area (Å²) >= 11 is 0. The van der Waals surface area contributed by atoms with E-state index >= 15 is 0 Å². The van der Waals surface area contributed by atoms with Crippen LogP contribution in [0.5, 0.6) is 17.2 Å². The predicted octanol–water partition coefficient (Wildman–Crippen LogP) is 0.301. The van der Waals surface area contributed by atoms with Crippen molar-refractivity contribution in [2.24, 2.45) is 0 Å². The molecule has 11 heteroatoms. The summed E-state index contributed by atoms with van der Waals surface area (Å²) in [5.41, 5.74) is 0. The Balaban J connectivity index is 1.56. The van der Waals surface area contributed by atoms with Crippen LogP contribution in [0.4, 0.5) is 0 Å². The quantitative estimate of drug-likeness (QED) is 0.522. The van der Waals surface area contributed by atoms with Gasteiger partial charge in [-0.25, -0.2) is 9.59 Å². The van der Waals surface area contributed by atoms with Crippen molar-refractivity contribution in [2.45, 2.75) is 37.8 Å². The number of phenolic OH excluding ortho intramolecular Hbond substituents is 1. The third-order valence-corrected chi connectivity index (χ3v) is 5.31. The number of carbonyl (C=O) groups is 4. The van der Waals surface area contributed by atoms with E-state index in [2.05, 4.69) is 0 Å². The number of hydrogen-bond donors (Lipinski definition) is 3. The van der Waals surface area contributed by atoms with Gasteiger partial charge in [-0.2, -0.15) is 0 Å². The normalized spacial score (nSPS) is 20.5. The van der Waals surface area contributed by atoms with Crippen LogP contribution in [0, 0.1) is 0 Å². The van der Waals surface area contributed by atoms with Crippen molar-refractivity contribution in [1.82, 2.24) is 9.80 Å². The van der Waals surface area contributed by atoms with E-state index in [9.17, 15) is 34.5 Å². The Kier molecular flexibility index (Phi) is 6.83. The number of ether oxygens (including phenoxy) is 2. The number of phenols is 1. The van der Waals surface area contributed by atoms with Crippen LogP contribution >= 0.6 is 0 Å². The Morgan fingerprint density at radius 2 is 1.23 bits per heavy atom. The highest BCUT2D eigenvalue weighted by Crippen LogP contribution is 2.28. The van der Waals surface area contributed by atoms with Crippen LogP contribution in [0.25, 0.3) is 0 Å². The first-order chi connectivity index (χ1) is 14.8. The lowest BCUT2D eigenvalue weighted by Crippen LogP contribution is -2.42. The summed E-state index contributed by atoms with van der Waals surface area (Å²) in [6.07, 6.45) is 1.97. The van der Waals surface area contributed by atoms with Crippen molar-refractivity contribution >= 4 is 23.8 Å². The molecule has 0 radical (unpaired) electrons. The largest absolute Gasteiger partial charge is 0.508 e. The monoisotopic (exact) mass is 436 g/mol. The molecule has 2 aliphatic heterocycles. The second kappa shape index (κ2) is 9.54. The molecular weight excluding hydrogens is 412 g/mol. The Hall–Kier alpha value is -3.50. The van der Waals surface area contributed by atoms with Gasteiger partial charge in [-0.3, -0.25) is 9.59 Å². The fraction of sp³-hybridized carbons (Fsp3) is 0.500. The predicted molar refractivity (Wildman–Crippen MR) is 104 cm³/mol. The zero-order valence-electron chi connectivity index (χ0n) is 16.7.